The van der Waals surface area contributed by atoms with Crippen LogP contribution in [0.15, 0.2) is 36.8 Å². The van der Waals surface area contributed by atoms with Crippen molar-refractivity contribution in [3.05, 3.63) is 42.4 Å². The third-order valence-electron chi connectivity index (χ3n) is 4.15. The summed E-state index contributed by atoms with van der Waals surface area (Å²) in [6, 6.07) is 5.53. The number of ether oxygens (including phenoxy) is 1. The highest BCUT2D eigenvalue weighted by Gasteiger charge is 2.21. The molecule has 2 aromatic rings. The number of anilines is 1. The molecule has 0 atom stereocenters. The van der Waals surface area contributed by atoms with Crippen molar-refractivity contribution < 1.29 is 9.53 Å². The highest BCUT2D eigenvalue weighted by molar-refractivity contribution is 5.78. The van der Waals surface area contributed by atoms with E-state index < -0.39 is 0 Å². The van der Waals surface area contributed by atoms with Crippen molar-refractivity contribution in [2.45, 2.75) is 19.8 Å². The Balaban J connectivity index is 1.60. The molecule has 0 spiro atoms. The Kier molecular flexibility index (Phi) is 5.77. The molecule has 0 unspecified atom stereocenters. The lowest BCUT2D eigenvalue weighted by molar-refractivity contribution is -0.130. The normalized spacial score (nSPS) is 14.9. The first-order valence-electron chi connectivity index (χ1n) is 8.63. The first kappa shape index (κ1) is 17.1. The smallest absolute Gasteiger partial charge is 0.228 e. The van der Waals surface area contributed by atoms with E-state index in [0.717, 1.165) is 31.6 Å². The third kappa shape index (κ3) is 4.65. The molecule has 1 aliphatic heterocycles. The zero-order valence-electron chi connectivity index (χ0n) is 14.5. The van der Waals surface area contributed by atoms with Crippen molar-refractivity contribution in [2.75, 3.05) is 37.7 Å². The van der Waals surface area contributed by atoms with Gasteiger partial charge in [0.05, 0.1) is 13.0 Å². The second-order valence-corrected chi connectivity index (χ2v) is 5.88. The fourth-order valence-electron chi connectivity index (χ4n) is 2.87. The number of aromatic nitrogens is 3. The second-order valence-electron chi connectivity index (χ2n) is 5.88. The number of nitrogens with zero attached hydrogens (tertiary/aromatic N) is 5. The number of carbonyl (C=O) groups is 1. The molecule has 25 heavy (non-hydrogen) atoms. The SMILES string of the molecule is CCOc1ccnc(N2CCCN(C(=O)Cc3ccncc3)CC2)n1. The first-order valence-corrected chi connectivity index (χ1v) is 8.63. The molecule has 0 aromatic carbocycles. The molecule has 7 nitrogen and oxygen atoms in total. The monoisotopic (exact) mass is 341 g/mol. The van der Waals surface area contributed by atoms with Gasteiger partial charge in [-0.15, -0.1) is 0 Å². The molecule has 7 heteroatoms. The lowest BCUT2D eigenvalue weighted by Gasteiger charge is -2.22. The molecule has 0 saturated carbocycles. The molecule has 3 rings (SSSR count). The summed E-state index contributed by atoms with van der Waals surface area (Å²) in [5.74, 6) is 1.40. The summed E-state index contributed by atoms with van der Waals surface area (Å²) in [6.07, 6.45) is 6.46. The maximum atomic E-state index is 12.5. The van der Waals surface area contributed by atoms with Gasteiger partial charge in [0.1, 0.15) is 0 Å². The minimum absolute atomic E-state index is 0.150. The predicted octanol–water partition coefficient (Wildman–Crippen LogP) is 1.55. The standard InChI is InChI=1S/C18H23N5O2/c1-2-25-16-6-9-20-18(21-16)23-11-3-10-22(12-13-23)17(24)14-15-4-7-19-8-5-15/h4-9H,2-3,10-14H2,1H3. The quantitative estimate of drug-likeness (QED) is 0.822. The van der Waals surface area contributed by atoms with Crippen LogP contribution in [-0.4, -0.2) is 58.5 Å². The average molecular weight is 341 g/mol. The van der Waals surface area contributed by atoms with Gasteiger partial charge in [0, 0.05) is 50.8 Å². The Bertz CT molecular complexity index is 695. The molecule has 0 N–H and O–H groups in total. The molecule has 1 saturated heterocycles. The van der Waals surface area contributed by atoms with Crippen molar-refractivity contribution in [2.24, 2.45) is 0 Å². The molecule has 1 amide bonds. The topological polar surface area (TPSA) is 71.5 Å². The molecule has 132 valence electrons. The van der Waals surface area contributed by atoms with Gasteiger partial charge in [0.2, 0.25) is 17.7 Å². The Morgan fingerprint density at radius 3 is 2.76 bits per heavy atom. The summed E-state index contributed by atoms with van der Waals surface area (Å²) in [5.41, 5.74) is 0.994. The lowest BCUT2D eigenvalue weighted by atomic mass is 10.2. The van der Waals surface area contributed by atoms with E-state index in [-0.39, 0.29) is 5.91 Å². The third-order valence-corrected chi connectivity index (χ3v) is 4.15. The van der Waals surface area contributed by atoms with Crippen LogP contribution >= 0.6 is 0 Å². The van der Waals surface area contributed by atoms with Crippen LogP contribution in [0.2, 0.25) is 0 Å². The average Bonchev–Trinajstić information content (AvgIpc) is 2.89. The molecule has 3 heterocycles. The maximum absolute atomic E-state index is 12.5. The Labute approximate surface area is 147 Å². The molecule has 0 bridgehead atoms. The summed E-state index contributed by atoms with van der Waals surface area (Å²) in [7, 11) is 0. The minimum Gasteiger partial charge on any atom is -0.478 e. The summed E-state index contributed by atoms with van der Waals surface area (Å²) in [4.78, 5) is 29.4. The van der Waals surface area contributed by atoms with Crippen LogP contribution in [0.3, 0.4) is 0 Å². The van der Waals surface area contributed by atoms with Crippen LogP contribution in [-0.2, 0) is 11.2 Å². The van der Waals surface area contributed by atoms with Gasteiger partial charge in [0.25, 0.3) is 0 Å². The Hall–Kier alpha value is -2.70. The highest BCUT2D eigenvalue weighted by Crippen LogP contribution is 2.15. The van der Waals surface area contributed by atoms with Gasteiger partial charge < -0.3 is 14.5 Å². The number of amides is 1. The molecule has 1 aliphatic rings. The van der Waals surface area contributed by atoms with Gasteiger partial charge in [-0.05, 0) is 31.0 Å². The highest BCUT2D eigenvalue weighted by atomic mass is 16.5. The predicted molar refractivity (Wildman–Crippen MR) is 94.6 cm³/mol. The van der Waals surface area contributed by atoms with Gasteiger partial charge in [-0.2, -0.15) is 4.98 Å². The van der Waals surface area contributed by atoms with E-state index in [0.29, 0.717) is 31.4 Å². The van der Waals surface area contributed by atoms with E-state index in [1.165, 1.54) is 0 Å². The van der Waals surface area contributed by atoms with E-state index in [9.17, 15) is 4.79 Å². The summed E-state index contributed by atoms with van der Waals surface area (Å²) in [5, 5.41) is 0. The van der Waals surface area contributed by atoms with Crippen molar-refractivity contribution in [1.29, 1.82) is 0 Å². The van der Waals surface area contributed by atoms with Crippen LogP contribution in [0.4, 0.5) is 5.95 Å². The molecule has 0 aliphatic carbocycles. The van der Waals surface area contributed by atoms with E-state index in [1.54, 1.807) is 24.7 Å². The zero-order chi connectivity index (χ0) is 17.5. The van der Waals surface area contributed by atoms with Crippen molar-refractivity contribution in [1.82, 2.24) is 19.9 Å². The Morgan fingerprint density at radius 2 is 1.96 bits per heavy atom. The summed E-state index contributed by atoms with van der Waals surface area (Å²) >= 11 is 0. The van der Waals surface area contributed by atoms with Crippen LogP contribution in [0.5, 0.6) is 5.88 Å². The molecule has 2 aromatic heterocycles. The van der Waals surface area contributed by atoms with Crippen molar-refractivity contribution >= 4 is 11.9 Å². The second kappa shape index (κ2) is 8.41. The lowest BCUT2D eigenvalue weighted by Crippen LogP contribution is -2.36. The maximum Gasteiger partial charge on any atom is 0.228 e. The van der Waals surface area contributed by atoms with Crippen molar-refractivity contribution in [3.63, 3.8) is 0 Å². The van der Waals surface area contributed by atoms with Crippen LogP contribution in [0.25, 0.3) is 0 Å². The molecule has 0 radical (unpaired) electrons. The Morgan fingerprint density at radius 1 is 1.12 bits per heavy atom. The van der Waals surface area contributed by atoms with Gasteiger partial charge in [0.15, 0.2) is 0 Å². The molecular formula is C18H23N5O2. The van der Waals surface area contributed by atoms with E-state index >= 15 is 0 Å². The summed E-state index contributed by atoms with van der Waals surface area (Å²) in [6.45, 7) is 5.48. The summed E-state index contributed by atoms with van der Waals surface area (Å²) < 4.78 is 5.45. The van der Waals surface area contributed by atoms with Gasteiger partial charge >= 0.3 is 0 Å². The number of hydrogen-bond acceptors (Lipinski definition) is 6. The van der Waals surface area contributed by atoms with Crippen LogP contribution < -0.4 is 9.64 Å². The first-order chi connectivity index (χ1) is 12.3. The zero-order valence-corrected chi connectivity index (χ0v) is 14.5. The number of carbonyl (C=O) groups excluding carboxylic acids is 1. The molecular weight excluding hydrogens is 318 g/mol. The fourth-order valence-corrected chi connectivity index (χ4v) is 2.87. The largest absolute Gasteiger partial charge is 0.478 e. The van der Waals surface area contributed by atoms with E-state index in [2.05, 4.69) is 19.9 Å². The number of rotatable bonds is 5. The molecule has 1 fully saturated rings. The van der Waals surface area contributed by atoms with Gasteiger partial charge in [-0.3, -0.25) is 9.78 Å². The van der Waals surface area contributed by atoms with Crippen molar-refractivity contribution in [3.8, 4) is 5.88 Å². The van der Waals surface area contributed by atoms with E-state index in [4.69, 9.17) is 4.74 Å². The minimum atomic E-state index is 0.150. The van der Waals surface area contributed by atoms with Gasteiger partial charge in [-0.1, -0.05) is 0 Å². The van der Waals surface area contributed by atoms with Crippen LogP contribution in [0.1, 0.15) is 18.9 Å². The van der Waals surface area contributed by atoms with Gasteiger partial charge in [-0.25, -0.2) is 4.98 Å². The van der Waals surface area contributed by atoms with Crippen LogP contribution in [0, 0.1) is 0 Å². The fraction of sp³-hybridized carbons (Fsp3) is 0.444. The number of hydrogen-bond donors (Lipinski definition) is 0. The number of pyridine rings is 1. The van der Waals surface area contributed by atoms with E-state index in [1.807, 2.05) is 24.0 Å².